The monoisotopic (exact) mass is 493 g/mol. The topological polar surface area (TPSA) is 114 Å². The van der Waals surface area contributed by atoms with Crippen LogP contribution < -0.4 is 10.6 Å². The number of oxazole rings is 1. The third-order valence-corrected chi connectivity index (χ3v) is 5.85. The molecule has 5 rings (SSSR count). The lowest BCUT2D eigenvalue weighted by atomic mass is 10.1. The van der Waals surface area contributed by atoms with E-state index in [9.17, 15) is 14.9 Å². The molecule has 35 heavy (non-hydrogen) atoms. The van der Waals surface area contributed by atoms with Crippen molar-refractivity contribution in [3.8, 4) is 11.5 Å². The quantitative estimate of drug-likeness (QED) is 0.300. The number of nitrogens with one attached hydrogen (secondary N) is 2. The largest absolute Gasteiger partial charge is 0.436 e. The Morgan fingerprint density at radius 2 is 1.80 bits per heavy atom. The first kappa shape index (κ1) is 24.3. The number of nitro benzene ring substituents is 1. The van der Waals surface area contributed by atoms with E-state index >= 15 is 0 Å². The van der Waals surface area contributed by atoms with Gasteiger partial charge in [-0.15, -0.1) is 12.4 Å². The molecule has 1 aliphatic rings. The van der Waals surface area contributed by atoms with Gasteiger partial charge in [0.1, 0.15) is 5.52 Å². The van der Waals surface area contributed by atoms with Crippen molar-refractivity contribution in [1.82, 2.24) is 15.2 Å². The lowest BCUT2D eigenvalue weighted by Crippen LogP contribution is -2.42. The number of carbonyl (C=O) groups excluding carboxylic acids is 1. The zero-order valence-electron chi connectivity index (χ0n) is 18.8. The smallest absolute Gasteiger partial charge is 0.269 e. The number of nitrogens with zero attached hydrogens (tertiary/aromatic N) is 3. The van der Waals surface area contributed by atoms with Gasteiger partial charge >= 0.3 is 0 Å². The summed E-state index contributed by atoms with van der Waals surface area (Å²) < 4.78 is 6.22. The fourth-order valence-corrected chi connectivity index (χ4v) is 4.06. The van der Waals surface area contributed by atoms with Crippen LogP contribution in [0.1, 0.15) is 15.9 Å². The highest BCUT2D eigenvalue weighted by Crippen LogP contribution is 2.32. The van der Waals surface area contributed by atoms with Crippen LogP contribution in [0.3, 0.4) is 0 Å². The minimum atomic E-state index is -0.499. The van der Waals surface area contributed by atoms with E-state index in [0.717, 1.165) is 49.4 Å². The number of nitro groups is 1. The average Bonchev–Trinajstić information content (AvgIpc) is 3.30. The van der Waals surface area contributed by atoms with Crippen LogP contribution in [0.5, 0.6) is 0 Å². The zero-order chi connectivity index (χ0) is 23.5. The van der Waals surface area contributed by atoms with Crippen molar-refractivity contribution in [2.24, 2.45) is 0 Å². The second-order valence-electron chi connectivity index (χ2n) is 8.11. The average molecular weight is 494 g/mol. The lowest BCUT2D eigenvalue weighted by molar-refractivity contribution is -0.384. The maximum atomic E-state index is 12.8. The third kappa shape index (κ3) is 5.32. The molecule has 0 unspecified atom stereocenters. The number of non-ortho nitro benzene ring substituents is 1. The van der Waals surface area contributed by atoms with Crippen LogP contribution in [0, 0.1) is 10.1 Å². The minimum Gasteiger partial charge on any atom is -0.436 e. The SMILES string of the molecule is Cl.O=C(Nc1ccccc1-c1nc2cccc(CN3CCNCC3)c2o1)c1ccc([N+](=O)[O-])cc1. The molecule has 0 spiro atoms. The van der Waals surface area contributed by atoms with Crippen molar-refractivity contribution in [2.45, 2.75) is 6.54 Å². The van der Waals surface area contributed by atoms with E-state index in [0.29, 0.717) is 22.7 Å². The molecule has 180 valence electrons. The maximum absolute atomic E-state index is 12.8. The molecule has 0 aliphatic carbocycles. The Labute approximate surface area is 207 Å². The van der Waals surface area contributed by atoms with E-state index in [4.69, 9.17) is 4.42 Å². The van der Waals surface area contributed by atoms with Gasteiger partial charge in [0.25, 0.3) is 11.6 Å². The molecule has 1 aliphatic heterocycles. The molecule has 1 fully saturated rings. The van der Waals surface area contributed by atoms with Crippen LogP contribution in [-0.4, -0.2) is 46.9 Å². The fraction of sp³-hybridized carbons (Fsp3) is 0.200. The number of benzene rings is 3. The van der Waals surface area contributed by atoms with Crippen LogP contribution in [0.4, 0.5) is 11.4 Å². The molecule has 0 radical (unpaired) electrons. The predicted molar refractivity (Wildman–Crippen MR) is 136 cm³/mol. The van der Waals surface area contributed by atoms with Gasteiger partial charge in [-0.25, -0.2) is 4.98 Å². The van der Waals surface area contributed by atoms with E-state index in [1.165, 1.54) is 24.3 Å². The van der Waals surface area contributed by atoms with Gasteiger partial charge in [0.15, 0.2) is 5.58 Å². The summed E-state index contributed by atoms with van der Waals surface area (Å²) >= 11 is 0. The summed E-state index contributed by atoms with van der Waals surface area (Å²) in [5.74, 6) is 0.0419. The van der Waals surface area contributed by atoms with Crippen LogP contribution >= 0.6 is 12.4 Å². The summed E-state index contributed by atoms with van der Waals surface area (Å²) in [7, 11) is 0. The number of para-hydroxylation sites is 2. The molecule has 2 heterocycles. The third-order valence-electron chi connectivity index (χ3n) is 5.85. The Bertz CT molecular complexity index is 1350. The second kappa shape index (κ2) is 10.6. The zero-order valence-corrected chi connectivity index (χ0v) is 19.6. The first-order chi connectivity index (χ1) is 16.6. The molecule has 1 amide bonds. The summed E-state index contributed by atoms with van der Waals surface area (Å²) in [6.07, 6.45) is 0. The highest BCUT2D eigenvalue weighted by atomic mass is 35.5. The lowest BCUT2D eigenvalue weighted by Gasteiger charge is -2.27. The summed E-state index contributed by atoms with van der Waals surface area (Å²) in [4.78, 5) is 30.2. The number of anilines is 1. The number of halogens is 1. The fourth-order valence-electron chi connectivity index (χ4n) is 4.06. The summed E-state index contributed by atoms with van der Waals surface area (Å²) in [5, 5.41) is 17.1. The van der Waals surface area contributed by atoms with Crippen molar-refractivity contribution in [3.63, 3.8) is 0 Å². The number of fused-ring (bicyclic) bond motifs is 1. The molecule has 1 aromatic heterocycles. The van der Waals surface area contributed by atoms with Crippen LogP contribution in [0.15, 0.2) is 71.1 Å². The molecular formula is C25H24ClN5O4. The first-order valence-electron chi connectivity index (χ1n) is 11.1. The number of hydrogen-bond donors (Lipinski definition) is 2. The predicted octanol–water partition coefficient (Wildman–Crippen LogP) is 4.48. The molecular weight excluding hydrogens is 470 g/mol. The van der Waals surface area contributed by atoms with Crippen molar-refractivity contribution >= 4 is 40.8 Å². The Hall–Kier alpha value is -3.79. The van der Waals surface area contributed by atoms with E-state index in [-0.39, 0.29) is 24.0 Å². The normalized spacial score (nSPS) is 13.8. The highest BCUT2D eigenvalue weighted by molar-refractivity contribution is 6.06. The van der Waals surface area contributed by atoms with E-state index in [1.807, 2.05) is 30.3 Å². The van der Waals surface area contributed by atoms with Gasteiger partial charge in [0, 0.05) is 56.0 Å². The van der Waals surface area contributed by atoms with Gasteiger partial charge < -0.3 is 15.1 Å². The molecule has 10 heteroatoms. The van der Waals surface area contributed by atoms with Gasteiger partial charge in [-0.2, -0.15) is 0 Å². The van der Waals surface area contributed by atoms with E-state index in [1.54, 1.807) is 6.07 Å². The summed E-state index contributed by atoms with van der Waals surface area (Å²) in [6.45, 7) is 4.69. The van der Waals surface area contributed by atoms with Gasteiger partial charge in [0.2, 0.25) is 5.89 Å². The molecule has 0 saturated carbocycles. The van der Waals surface area contributed by atoms with Gasteiger partial charge in [-0.05, 0) is 30.3 Å². The number of hydrogen-bond acceptors (Lipinski definition) is 7. The van der Waals surface area contributed by atoms with Gasteiger partial charge in [-0.3, -0.25) is 19.8 Å². The molecule has 0 bridgehead atoms. The van der Waals surface area contributed by atoms with Crippen molar-refractivity contribution in [2.75, 3.05) is 31.5 Å². The molecule has 2 N–H and O–H groups in total. The Morgan fingerprint density at radius 3 is 2.54 bits per heavy atom. The molecule has 4 aromatic rings. The van der Waals surface area contributed by atoms with Crippen molar-refractivity contribution in [3.05, 3.63) is 88.0 Å². The number of amides is 1. The van der Waals surface area contributed by atoms with E-state index < -0.39 is 4.92 Å². The van der Waals surface area contributed by atoms with Crippen molar-refractivity contribution < 1.29 is 14.1 Å². The number of carbonyl (C=O) groups is 1. The number of aromatic nitrogens is 1. The van der Waals surface area contributed by atoms with Crippen LogP contribution in [-0.2, 0) is 6.54 Å². The van der Waals surface area contributed by atoms with Crippen molar-refractivity contribution in [1.29, 1.82) is 0 Å². The Kier molecular flexibility index (Phi) is 7.40. The number of rotatable bonds is 6. The minimum absolute atomic E-state index is 0. The summed E-state index contributed by atoms with van der Waals surface area (Å²) in [5.41, 5.74) is 4.02. The van der Waals surface area contributed by atoms with Gasteiger partial charge in [0.05, 0.1) is 16.2 Å². The summed E-state index contributed by atoms with van der Waals surface area (Å²) in [6, 6.07) is 18.7. The van der Waals surface area contributed by atoms with E-state index in [2.05, 4.69) is 26.6 Å². The Morgan fingerprint density at radius 1 is 1.06 bits per heavy atom. The maximum Gasteiger partial charge on any atom is 0.269 e. The molecule has 0 atom stereocenters. The second-order valence-corrected chi connectivity index (χ2v) is 8.11. The standard InChI is InChI=1S/C25H23N5O4.ClH/c31-24(17-8-10-19(11-9-17)30(32)33)27-21-6-2-1-5-20(21)25-28-22-7-3-4-18(23(22)34-25)16-29-14-12-26-13-15-29;/h1-11,26H,12-16H2,(H,27,31);1H. The molecule has 9 nitrogen and oxygen atoms in total. The number of piperazine rings is 1. The highest BCUT2D eigenvalue weighted by Gasteiger charge is 2.18. The first-order valence-corrected chi connectivity index (χ1v) is 11.1. The molecule has 3 aromatic carbocycles. The van der Waals surface area contributed by atoms with Crippen LogP contribution in [0.2, 0.25) is 0 Å². The molecule has 1 saturated heterocycles. The van der Waals surface area contributed by atoms with Crippen LogP contribution in [0.25, 0.3) is 22.6 Å². The Balaban J connectivity index is 0.00000289. The van der Waals surface area contributed by atoms with Gasteiger partial charge in [-0.1, -0.05) is 24.3 Å².